The third kappa shape index (κ3) is 5.85. The Morgan fingerprint density at radius 3 is 2.47 bits per heavy atom. The Hall–Kier alpha value is -3.39. The maximum atomic E-state index is 12.4. The summed E-state index contributed by atoms with van der Waals surface area (Å²) < 4.78 is 10.7. The smallest absolute Gasteiger partial charge is 0.345 e. The highest BCUT2D eigenvalue weighted by molar-refractivity contribution is 6.36. The summed E-state index contributed by atoms with van der Waals surface area (Å²) in [6.07, 6.45) is 0.0177. The summed E-state index contributed by atoms with van der Waals surface area (Å²) in [6.45, 7) is 0. The Labute approximate surface area is 194 Å². The monoisotopic (exact) mass is 472 g/mol. The van der Waals surface area contributed by atoms with Crippen molar-refractivity contribution in [3.05, 3.63) is 93.5 Å². The Balaban J connectivity index is 1.67. The molecular formula is C23H18Cl2N2O5. The SMILES string of the molecule is COc1cc(/C=N/NC(=O)C(O)c2ccccc2)ccc1OC(=O)c1ccc(Cl)cc1Cl. The van der Waals surface area contributed by atoms with Crippen LogP contribution < -0.4 is 14.9 Å². The molecular weight excluding hydrogens is 455 g/mol. The summed E-state index contributed by atoms with van der Waals surface area (Å²) in [7, 11) is 1.42. The van der Waals surface area contributed by atoms with Crippen LogP contribution in [0.25, 0.3) is 0 Å². The van der Waals surface area contributed by atoms with Crippen LogP contribution in [0.15, 0.2) is 71.8 Å². The lowest BCUT2D eigenvalue weighted by atomic mass is 10.1. The first kappa shape index (κ1) is 23.3. The number of rotatable bonds is 7. The number of nitrogens with zero attached hydrogens (tertiary/aromatic N) is 1. The molecule has 0 bridgehead atoms. The molecule has 0 fully saturated rings. The van der Waals surface area contributed by atoms with Crippen molar-refractivity contribution in [2.75, 3.05) is 7.11 Å². The summed E-state index contributed by atoms with van der Waals surface area (Å²) >= 11 is 11.9. The zero-order valence-electron chi connectivity index (χ0n) is 16.8. The van der Waals surface area contributed by atoms with Crippen molar-refractivity contribution in [2.24, 2.45) is 5.10 Å². The normalized spacial score (nSPS) is 11.8. The van der Waals surface area contributed by atoms with Gasteiger partial charge in [-0.15, -0.1) is 0 Å². The van der Waals surface area contributed by atoms with E-state index in [0.717, 1.165) is 0 Å². The summed E-state index contributed by atoms with van der Waals surface area (Å²) in [5.41, 5.74) is 3.44. The first-order valence-electron chi connectivity index (χ1n) is 9.30. The van der Waals surface area contributed by atoms with Crippen molar-refractivity contribution in [3.8, 4) is 11.5 Å². The minimum atomic E-state index is -1.34. The number of esters is 1. The van der Waals surface area contributed by atoms with Gasteiger partial charge in [0.25, 0.3) is 5.91 Å². The fourth-order valence-corrected chi connectivity index (χ4v) is 3.16. The predicted molar refractivity (Wildman–Crippen MR) is 122 cm³/mol. The van der Waals surface area contributed by atoms with E-state index in [1.165, 1.54) is 37.6 Å². The van der Waals surface area contributed by atoms with Crippen molar-refractivity contribution in [2.45, 2.75) is 6.10 Å². The Kier molecular flexibility index (Phi) is 7.83. The van der Waals surface area contributed by atoms with Gasteiger partial charge in [0.2, 0.25) is 0 Å². The van der Waals surface area contributed by atoms with Gasteiger partial charge in [-0.2, -0.15) is 5.10 Å². The zero-order chi connectivity index (χ0) is 23.1. The van der Waals surface area contributed by atoms with Gasteiger partial charge in [0, 0.05) is 5.02 Å². The van der Waals surface area contributed by atoms with Gasteiger partial charge in [0.05, 0.1) is 23.9 Å². The van der Waals surface area contributed by atoms with E-state index in [0.29, 0.717) is 16.1 Å². The maximum absolute atomic E-state index is 12.4. The molecule has 0 aliphatic rings. The molecule has 164 valence electrons. The molecule has 2 N–H and O–H groups in total. The third-order valence-corrected chi connectivity index (χ3v) is 4.84. The number of aliphatic hydroxyl groups excluding tert-OH is 1. The molecule has 0 radical (unpaired) electrons. The van der Waals surface area contributed by atoms with Crippen LogP contribution in [-0.2, 0) is 4.79 Å². The number of ether oxygens (including phenoxy) is 2. The van der Waals surface area contributed by atoms with Gasteiger partial charge in [-0.3, -0.25) is 4.79 Å². The van der Waals surface area contributed by atoms with Gasteiger partial charge in [-0.05, 0) is 47.5 Å². The molecule has 7 nitrogen and oxygen atoms in total. The zero-order valence-corrected chi connectivity index (χ0v) is 18.3. The highest BCUT2D eigenvalue weighted by Gasteiger charge is 2.17. The van der Waals surface area contributed by atoms with Crippen LogP contribution in [0.3, 0.4) is 0 Å². The van der Waals surface area contributed by atoms with Crippen LogP contribution in [-0.4, -0.2) is 30.3 Å². The molecule has 3 rings (SSSR count). The molecule has 1 atom stereocenters. The van der Waals surface area contributed by atoms with Crippen LogP contribution in [0.1, 0.15) is 27.6 Å². The van der Waals surface area contributed by atoms with Crippen molar-refractivity contribution >= 4 is 41.3 Å². The highest BCUT2D eigenvalue weighted by atomic mass is 35.5. The van der Waals surface area contributed by atoms with Crippen molar-refractivity contribution in [1.82, 2.24) is 5.43 Å². The third-order valence-electron chi connectivity index (χ3n) is 4.29. The van der Waals surface area contributed by atoms with E-state index in [2.05, 4.69) is 10.5 Å². The molecule has 0 heterocycles. The number of hydrogen-bond donors (Lipinski definition) is 2. The van der Waals surface area contributed by atoms with Crippen molar-refractivity contribution in [3.63, 3.8) is 0 Å². The molecule has 0 aliphatic carbocycles. The van der Waals surface area contributed by atoms with Crippen molar-refractivity contribution < 1.29 is 24.2 Å². The number of methoxy groups -OCH3 is 1. The van der Waals surface area contributed by atoms with Gasteiger partial charge in [-0.1, -0.05) is 53.5 Å². The number of carbonyl (C=O) groups is 2. The van der Waals surface area contributed by atoms with E-state index < -0.39 is 18.0 Å². The maximum Gasteiger partial charge on any atom is 0.345 e. The largest absolute Gasteiger partial charge is 0.493 e. The number of nitrogens with one attached hydrogen (secondary N) is 1. The minimum Gasteiger partial charge on any atom is -0.493 e. The standard InChI is InChI=1S/C23H18Cl2N2O5/c1-31-20-11-14(13-26-27-22(29)21(28)15-5-3-2-4-6-15)7-10-19(20)32-23(30)17-9-8-16(24)12-18(17)25/h2-13,21,28H,1H3,(H,27,29)/b26-13+. The first-order valence-corrected chi connectivity index (χ1v) is 10.1. The molecule has 9 heteroatoms. The predicted octanol–water partition coefficient (Wildman–Crippen LogP) is 4.40. The fourth-order valence-electron chi connectivity index (χ4n) is 2.68. The number of aliphatic hydroxyl groups is 1. The number of hydrazone groups is 1. The molecule has 1 amide bonds. The van der Waals surface area contributed by atoms with Gasteiger partial charge in [0.15, 0.2) is 17.6 Å². The summed E-state index contributed by atoms with van der Waals surface area (Å²) in [6, 6.07) is 17.6. The van der Waals surface area contributed by atoms with Crippen LogP contribution in [0, 0.1) is 0 Å². The lowest BCUT2D eigenvalue weighted by molar-refractivity contribution is -0.129. The summed E-state index contributed by atoms with van der Waals surface area (Å²) in [4.78, 5) is 24.5. The van der Waals surface area contributed by atoms with Crippen LogP contribution in [0.4, 0.5) is 0 Å². The molecule has 0 saturated carbocycles. The molecule has 3 aromatic carbocycles. The second kappa shape index (κ2) is 10.8. The lowest BCUT2D eigenvalue weighted by Gasteiger charge is -2.11. The average Bonchev–Trinajstić information content (AvgIpc) is 2.79. The fraction of sp³-hybridized carbons (Fsp3) is 0.0870. The minimum absolute atomic E-state index is 0.156. The highest BCUT2D eigenvalue weighted by Crippen LogP contribution is 2.30. The first-order chi connectivity index (χ1) is 15.4. The van der Waals surface area contributed by atoms with E-state index in [1.54, 1.807) is 42.5 Å². The number of amides is 1. The van der Waals surface area contributed by atoms with E-state index in [1.807, 2.05) is 0 Å². The van der Waals surface area contributed by atoms with Gasteiger partial charge >= 0.3 is 5.97 Å². The Morgan fingerprint density at radius 1 is 1.03 bits per heavy atom. The molecule has 0 saturated heterocycles. The Bertz CT molecular complexity index is 1150. The number of carbonyl (C=O) groups excluding carboxylic acids is 2. The lowest BCUT2D eigenvalue weighted by Crippen LogP contribution is -2.25. The second-order valence-electron chi connectivity index (χ2n) is 6.47. The molecule has 1 unspecified atom stereocenters. The summed E-state index contributed by atoms with van der Waals surface area (Å²) in [5, 5.41) is 14.5. The molecule has 0 aromatic heterocycles. The van der Waals surface area contributed by atoms with Crippen LogP contribution >= 0.6 is 23.2 Å². The molecule has 3 aromatic rings. The van der Waals surface area contributed by atoms with Crippen molar-refractivity contribution in [1.29, 1.82) is 0 Å². The van der Waals surface area contributed by atoms with Gasteiger partial charge < -0.3 is 14.6 Å². The number of hydrogen-bond acceptors (Lipinski definition) is 6. The number of benzene rings is 3. The van der Waals surface area contributed by atoms with Gasteiger partial charge in [-0.25, -0.2) is 10.2 Å². The summed E-state index contributed by atoms with van der Waals surface area (Å²) in [5.74, 6) is -0.911. The van der Waals surface area contributed by atoms with Crippen LogP contribution in [0.2, 0.25) is 10.0 Å². The van der Waals surface area contributed by atoms with E-state index >= 15 is 0 Å². The molecule has 32 heavy (non-hydrogen) atoms. The van der Waals surface area contributed by atoms with E-state index in [-0.39, 0.29) is 22.1 Å². The Morgan fingerprint density at radius 2 is 1.78 bits per heavy atom. The topological polar surface area (TPSA) is 97.2 Å². The molecule has 0 spiro atoms. The van der Waals surface area contributed by atoms with Gasteiger partial charge in [0.1, 0.15) is 0 Å². The average molecular weight is 473 g/mol. The quantitative estimate of drug-likeness (QED) is 0.230. The molecule has 0 aliphatic heterocycles. The van der Waals surface area contributed by atoms with Crippen LogP contribution in [0.5, 0.6) is 11.5 Å². The second-order valence-corrected chi connectivity index (χ2v) is 7.32. The van der Waals surface area contributed by atoms with E-state index in [9.17, 15) is 14.7 Å². The van der Waals surface area contributed by atoms with E-state index in [4.69, 9.17) is 32.7 Å². The number of halogens is 2.